The number of hydrogen-bond donors (Lipinski definition) is 1. The Morgan fingerprint density at radius 3 is 2.55 bits per heavy atom. The predicted octanol–water partition coefficient (Wildman–Crippen LogP) is 5.61. The summed E-state index contributed by atoms with van der Waals surface area (Å²) in [7, 11) is -2.34. The molecule has 226 valence electrons. The van der Waals surface area contributed by atoms with Gasteiger partial charge in [0.1, 0.15) is 22.9 Å². The average Bonchev–Trinajstić information content (AvgIpc) is 3.43. The Balaban J connectivity index is 1.18. The van der Waals surface area contributed by atoms with E-state index in [1.54, 1.807) is 12.1 Å². The maximum Gasteiger partial charge on any atom is 0.322 e. The molecule has 3 aromatic carbocycles. The molecule has 1 saturated heterocycles. The van der Waals surface area contributed by atoms with Gasteiger partial charge in [0.15, 0.2) is 0 Å². The summed E-state index contributed by atoms with van der Waals surface area (Å²) in [5.41, 5.74) is 3.49. The summed E-state index contributed by atoms with van der Waals surface area (Å²) in [6.07, 6.45) is 6.06. The number of nitrogens with zero attached hydrogens (tertiary/aromatic N) is 5. The van der Waals surface area contributed by atoms with Crippen molar-refractivity contribution in [2.45, 2.75) is 24.3 Å². The number of likely N-dealkylation sites (tertiary alicyclic amines) is 1. The molecule has 0 aliphatic carbocycles. The van der Waals surface area contributed by atoms with Gasteiger partial charge in [-0.3, -0.25) is 4.79 Å². The van der Waals surface area contributed by atoms with Gasteiger partial charge in [-0.15, -0.1) is 0 Å². The lowest BCUT2D eigenvalue weighted by atomic mass is 9.97. The lowest BCUT2D eigenvalue weighted by Crippen LogP contribution is -2.31. The van der Waals surface area contributed by atoms with E-state index in [1.807, 2.05) is 6.07 Å². The van der Waals surface area contributed by atoms with E-state index in [2.05, 4.69) is 62.3 Å². The number of hydrogen-bond acceptors (Lipinski definition) is 8. The van der Waals surface area contributed by atoms with Crippen LogP contribution in [0.3, 0.4) is 0 Å². The van der Waals surface area contributed by atoms with E-state index in [0.29, 0.717) is 21.9 Å². The first-order valence-electron chi connectivity index (χ1n) is 14.2. The molecule has 1 aliphatic rings. The van der Waals surface area contributed by atoms with Crippen LogP contribution in [0.4, 0.5) is 21.6 Å². The Kier molecular flexibility index (Phi) is 8.27. The zero-order chi connectivity index (χ0) is 30.7. The molecular formula is C32H31FN6O4S. The summed E-state index contributed by atoms with van der Waals surface area (Å²) in [6.45, 7) is 3.28. The van der Waals surface area contributed by atoms with E-state index in [9.17, 15) is 17.6 Å². The molecule has 1 fully saturated rings. The lowest BCUT2D eigenvalue weighted by molar-refractivity contribution is -0.128. The molecular weight excluding hydrogens is 583 g/mol. The van der Waals surface area contributed by atoms with Crippen LogP contribution in [0.5, 0.6) is 0 Å². The van der Waals surface area contributed by atoms with Crippen molar-refractivity contribution in [1.82, 2.24) is 19.4 Å². The van der Waals surface area contributed by atoms with E-state index in [1.165, 1.54) is 49.0 Å². The van der Waals surface area contributed by atoms with Crippen molar-refractivity contribution in [2.75, 3.05) is 29.9 Å². The third-order valence-corrected chi connectivity index (χ3v) is 9.47. The first-order chi connectivity index (χ1) is 21.3. The zero-order valence-electron chi connectivity index (χ0n) is 24.0. The van der Waals surface area contributed by atoms with Crippen LogP contribution in [0, 0.1) is 11.7 Å². The van der Waals surface area contributed by atoms with Crippen molar-refractivity contribution in [3.8, 4) is 11.3 Å². The lowest BCUT2D eigenvalue weighted by Gasteiger charge is -2.29. The largest absolute Gasteiger partial charge is 0.347 e. The first kappa shape index (κ1) is 29.3. The van der Waals surface area contributed by atoms with Gasteiger partial charge in [0.2, 0.25) is 0 Å². The summed E-state index contributed by atoms with van der Waals surface area (Å²) >= 11 is 0. The van der Waals surface area contributed by atoms with Crippen LogP contribution >= 0.6 is 0 Å². The van der Waals surface area contributed by atoms with Gasteiger partial charge in [-0.05, 0) is 93.5 Å². The maximum atomic E-state index is 14.3. The van der Waals surface area contributed by atoms with E-state index < -0.39 is 20.7 Å². The highest BCUT2D eigenvalue weighted by atomic mass is 32.2. The number of anilines is 3. The molecule has 2 aromatic heterocycles. The number of fused-ring (bicyclic) bond motifs is 1. The second-order valence-electron chi connectivity index (χ2n) is 10.8. The van der Waals surface area contributed by atoms with Crippen LogP contribution in [-0.4, -0.2) is 54.5 Å². The third kappa shape index (κ3) is 6.12. The topological polar surface area (TPSA) is 110 Å². The zero-order valence-corrected chi connectivity index (χ0v) is 24.8. The number of benzene rings is 3. The molecule has 6 rings (SSSR count). The minimum absolute atomic E-state index is 0.00495. The number of nitrogens with one attached hydrogen (secondary N) is 1. The summed E-state index contributed by atoms with van der Waals surface area (Å²) in [5.74, 6) is 0.250. The van der Waals surface area contributed by atoms with Gasteiger partial charge in [0.05, 0.1) is 11.4 Å². The van der Waals surface area contributed by atoms with Crippen molar-refractivity contribution >= 4 is 44.6 Å². The SMILES string of the molecule is CN1CCC(Cn2ccc3cc(-c4cc(Nc5ccc(N(OC=O)S(=O)(=O)c6ccccc6F)cc5)ncn4)ccc32)CC1. The average molecular weight is 615 g/mol. The Morgan fingerprint density at radius 1 is 1.02 bits per heavy atom. The van der Waals surface area contributed by atoms with Gasteiger partial charge < -0.3 is 19.6 Å². The van der Waals surface area contributed by atoms with Crippen molar-refractivity contribution in [3.05, 3.63) is 97.2 Å². The Bertz CT molecular complexity index is 1890. The quantitative estimate of drug-likeness (QED) is 0.160. The van der Waals surface area contributed by atoms with Gasteiger partial charge in [0.25, 0.3) is 10.0 Å². The Labute approximate surface area is 254 Å². The van der Waals surface area contributed by atoms with Crippen LogP contribution in [0.25, 0.3) is 22.2 Å². The number of carbonyl (C=O) groups is 1. The predicted molar refractivity (Wildman–Crippen MR) is 166 cm³/mol. The third-order valence-electron chi connectivity index (χ3n) is 7.85. The van der Waals surface area contributed by atoms with Crippen LogP contribution in [-0.2, 0) is 26.2 Å². The summed E-state index contributed by atoms with van der Waals surface area (Å²) in [6, 6.07) is 21.2. The smallest absolute Gasteiger partial charge is 0.322 e. The van der Waals surface area contributed by atoms with E-state index in [4.69, 9.17) is 4.84 Å². The molecule has 0 radical (unpaired) electrons. The van der Waals surface area contributed by atoms with Crippen LogP contribution in [0.1, 0.15) is 12.8 Å². The van der Waals surface area contributed by atoms with Crippen molar-refractivity contribution in [3.63, 3.8) is 0 Å². The maximum absolute atomic E-state index is 14.3. The fraction of sp³-hybridized carbons (Fsp3) is 0.219. The van der Waals surface area contributed by atoms with E-state index >= 15 is 0 Å². The monoisotopic (exact) mass is 614 g/mol. The molecule has 10 nitrogen and oxygen atoms in total. The molecule has 0 spiro atoms. The van der Waals surface area contributed by atoms with Crippen molar-refractivity contribution in [1.29, 1.82) is 0 Å². The number of halogens is 1. The minimum Gasteiger partial charge on any atom is -0.347 e. The Morgan fingerprint density at radius 2 is 1.80 bits per heavy atom. The molecule has 0 atom stereocenters. The molecule has 12 heteroatoms. The van der Waals surface area contributed by atoms with Crippen LogP contribution in [0.2, 0.25) is 0 Å². The molecule has 0 saturated carbocycles. The van der Waals surface area contributed by atoms with Gasteiger partial charge in [-0.25, -0.2) is 14.4 Å². The highest BCUT2D eigenvalue weighted by Crippen LogP contribution is 2.30. The number of aromatic nitrogens is 3. The second kappa shape index (κ2) is 12.4. The fourth-order valence-corrected chi connectivity index (χ4v) is 6.77. The normalized spacial score (nSPS) is 14.4. The molecule has 0 amide bonds. The molecule has 0 unspecified atom stereocenters. The van der Waals surface area contributed by atoms with E-state index in [-0.39, 0.29) is 12.2 Å². The second-order valence-corrected chi connectivity index (χ2v) is 12.5. The number of sulfonamides is 1. The molecule has 1 aliphatic heterocycles. The van der Waals surface area contributed by atoms with Crippen molar-refractivity contribution < 1.29 is 22.4 Å². The fourth-order valence-electron chi connectivity index (χ4n) is 5.48. The summed E-state index contributed by atoms with van der Waals surface area (Å²) in [4.78, 5) is 26.4. The van der Waals surface area contributed by atoms with Gasteiger partial charge in [-0.1, -0.05) is 22.7 Å². The highest BCUT2D eigenvalue weighted by molar-refractivity contribution is 7.92. The number of carbonyl (C=O) groups excluding carboxylic acids is 1. The standard InChI is InChI=1S/C32H31FN6O4S/c1-37-15-12-23(13-16-37)20-38-17-14-25-18-24(6-11-30(25)38)29-19-32(35-21-34-29)36-26-7-9-27(10-8-26)39(43-22-40)44(41,42)31-5-3-2-4-28(31)33/h2-11,14,17-19,21-23H,12-13,15-16,20H2,1H3,(H,34,35,36). The molecule has 5 aromatic rings. The molecule has 1 N–H and O–H groups in total. The molecule has 44 heavy (non-hydrogen) atoms. The van der Waals surface area contributed by atoms with Gasteiger partial charge >= 0.3 is 6.47 Å². The Hall–Kier alpha value is -4.81. The first-order valence-corrected chi connectivity index (χ1v) is 15.6. The van der Waals surface area contributed by atoms with Gasteiger partial charge in [-0.2, -0.15) is 8.42 Å². The summed E-state index contributed by atoms with van der Waals surface area (Å²) < 4.78 is 43.1. The number of rotatable bonds is 10. The summed E-state index contributed by atoms with van der Waals surface area (Å²) in [5, 5.41) is 4.33. The van der Waals surface area contributed by atoms with E-state index in [0.717, 1.165) is 48.4 Å². The van der Waals surface area contributed by atoms with Gasteiger partial charge in [0, 0.05) is 41.0 Å². The molecule has 3 heterocycles. The van der Waals surface area contributed by atoms with Crippen LogP contribution in [0.15, 0.2) is 96.3 Å². The number of piperidine rings is 1. The molecule has 0 bridgehead atoms. The highest BCUT2D eigenvalue weighted by Gasteiger charge is 2.30. The van der Waals surface area contributed by atoms with Crippen LogP contribution < -0.4 is 9.79 Å². The van der Waals surface area contributed by atoms with Crippen molar-refractivity contribution in [2.24, 2.45) is 5.92 Å². The minimum atomic E-state index is -4.52.